The maximum absolute atomic E-state index is 5.56. The molecule has 0 radical (unpaired) electrons. The van der Waals surface area contributed by atoms with Gasteiger partial charge >= 0.3 is 0 Å². The summed E-state index contributed by atoms with van der Waals surface area (Å²) in [6.45, 7) is 1.24. The van der Waals surface area contributed by atoms with Crippen LogP contribution >= 0.6 is 15.9 Å². The lowest BCUT2D eigenvalue weighted by Crippen LogP contribution is -2.04. The first kappa shape index (κ1) is 12.1. The molecule has 0 spiro atoms. The van der Waals surface area contributed by atoms with E-state index < -0.39 is 0 Å². The molecule has 0 saturated carbocycles. The second-order valence-electron chi connectivity index (χ2n) is 3.69. The Morgan fingerprint density at radius 3 is 2.82 bits per heavy atom. The fraction of sp³-hybridized carbons (Fsp3) is 0.154. The highest BCUT2D eigenvalue weighted by molar-refractivity contribution is 9.10. The van der Waals surface area contributed by atoms with Crippen molar-refractivity contribution in [3.63, 3.8) is 0 Å². The summed E-state index contributed by atoms with van der Waals surface area (Å²) in [5.41, 5.74) is 8.73. The van der Waals surface area contributed by atoms with E-state index in [2.05, 4.69) is 26.2 Å². The number of anilines is 1. The van der Waals surface area contributed by atoms with E-state index in [4.69, 9.17) is 5.73 Å². The quantitative estimate of drug-likeness (QED) is 0.911. The molecule has 1 aromatic heterocycles. The molecule has 4 heteroatoms. The van der Waals surface area contributed by atoms with E-state index in [1.807, 2.05) is 36.4 Å². The van der Waals surface area contributed by atoms with Crippen LogP contribution in [0, 0.1) is 0 Å². The van der Waals surface area contributed by atoms with Gasteiger partial charge in [-0.1, -0.05) is 12.1 Å². The Kier molecular flexibility index (Phi) is 4.12. The fourth-order valence-corrected chi connectivity index (χ4v) is 1.98. The predicted molar refractivity (Wildman–Crippen MR) is 73.6 cm³/mol. The van der Waals surface area contributed by atoms with Crippen molar-refractivity contribution in [2.45, 2.75) is 13.1 Å². The second kappa shape index (κ2) is 5.80. The summed E-state index contributed by atoms with van der Waals surface area (Å²) in [6, 6.07) is 12.1. The summed E-state index contributed by atoms with van der Waals surface area (Å²) >= 11 is 3.50. The molecule has 3 nitrogen and oxygen atoms in total. The van der Waals surface area contributed by atoms with Gasteiger partial charge in [0, 0.05) is 29.4 Å². The lowest BCUT2D eigenvalue weighted by molar-refractivity contribution is 0.973. The molecule has 0 unspecified atom stereocenters. The summed E-state index contributed by atoms with van der Waals surface area (Å²) in [5.74, 6) is 0. The lowest BCUT2D eigenvalue weighted by atomic mass is 10.2. The Morgan fingerprint density at radius 1 is 1.24 bits per heavy atom. The number of hydrogen-bond donors (Lipinski definition) is 2. The molecule has 0 saturated heterocycles. The van der Waals surface area contributed by atoms with E-state index in [0.717, 1.165) is 22.4 Å². The normalized spacial score (nSPS) is 10.2. The van der Waals surface area contributed by atoms with Crippen LogP contribution in [-0.4, -0.2) is 4.98 Å². The average Bonchev–Trinajstić information content (AvgIpc) is 2.38. The number of benzene rings is 1. The predicted octanol–water partition coefficient (Wildman–Crippen LogP) is 2.91. The molecule has 17 heavy (non-hydrogen) atoms. The number of nitrogens with two attached hydrogens (primary N) is 1. The van der Waals surface area contributed by atoms with Crippen molar-refractivity contribution < 1.29 is 0 Å². The molecule has 88 valence electrons. The molecular formula is C13H14BrN3. The number of halogens is 1. The van der Waals surface area contributed by atoms with Crippen molar-refractivity contribution in [2.75, 3.05) is 5.32 Å². The SMILES string of the molecule is NCc1cc(CNc2ccccc2Br)ccn1. The smallest absolute Gasteiger partial charge is 0.0542 e. The number of aromatic nitrogens is 1. The van der Waals surface area contributed by atoms with E-state index in [1.54, 1.807) is 6.20 Å². The third-order valence-corrected chi connectivity index (χ3v) is 3.14. The fourth-order valence-electron chi connectivity index (χ4n) is 1.55. The van der Waals surface area contributed by atoms with Crippen LogP contribution in [0.5, 0.6) is 0 Å². The van der Waals surface area contributed by atoms with Gasteiger partial charge in [0.15, 0.2) is 0 Å². The van der Waals surface area contributed by atoms with Crippen LogP contribution in [-0.2, 0) is 13.1 Å². The number of nitrogens with zero attached hydrogens (tertiary/aromatic N) is 1. The van der Waals surface area contributed by atoms with Gasteiger partial charge in [-0.15, -0.1) is 0 Å². The number of hydrogen-bond acceptors (Lipinski definition) is 3. The first-order chi connectivity index (χ1) is 8.29. The van der Waals surface area contributed by atoms with Gasteiger partial charge in [0.25, 0.3) is 0 Å². The van der Waals surface area contributed by atoms with Gasteiger partial charge in [0.05, 0.1) is 5.69 Å². The molecule has 1 heterocycles. The zero-order valence-electron chi connectivity index (χ0n) is 9.36. The number of pyridine rings is 1. The van der Waals surface area contributed by atoms with E-state index >= 15 is 0 Å². The van der Waals surface area contributed by atoms with E-state index in [9.17, 15) is 0 Å². The van der Waals surface area contributed by atoms with E-state index in [-0.39, 0.29) is 0 Å². The molecule has 0 atom stereocenters. The third-order valence-electron chi connectivity index (χ3n) is 2.45. The minimum Gasteiger partial charge on any atom is -0.380 e. The van der Waals surface area contributed by atoms with E-state index in [1.165, 1.54) is 5.56 Å². The molecule has 0 fully saturated rings. The van der Waals surface area contributed by atoms with Crippen molar-refractivity contribution in [1.29, 1.82) is 0 Å². The van der Waals surface area contributed by atoms with Crippen LogP contribution in [0.25, 0.3) is 0 Å². The Morgan fingerprint density at radius 2 is 2.06 bits per heavy atom. The molecule has 0 aliphatic carbocycles. The number of nitrogens with one attached hydrogen (secondary N) is 1. The highest BCUT2D eigenvalue weighted by Crippen LogP contribution is 2.21. The Balaban J connectivity index is 2.05. The molecule has 2 rings (SSSR count). The summed E-state index contributed by atoms with van der Waals surface area (Å²) in [7, 11) is 0. The van der Waals surface area contributed by atoms with Gasteiger partial charge in [-0.25, -0.2) is 0 Å². The summed E-state index contributed by atoms with van der Waals surface area (Å²) in [5, 5.41) is 3.37. The Bertz CT molecular complexity index is 500. The first-order valence-corrected chi connectivity index (χ1v) is 6.21. The van der Waals surface area contributed by atoms with Gasteiger partial charge in [0.2, 0.25) is 0 Å². The van der Waals surface area contributed by atoms with Crippen molar-refractivity contribution in [2.24, 2.45) is 5.73 Å². The van der Waals surface area contributed by atoms with Crippen molar-refractivity contribution in [3.05, 3.63) is 58.3 Å². The molecule has 0 bridgehead atoms. The lowest BCUT2D eigenvalue weighted by Gasteiger charge is -2.08. The van der Waals surface area contributed by atoms with Gasteiger partial charge in [0.1, 0.15) is 0 Å². The maximum Gasteiger partial charge on any atom is 0.0542 e. The Hall–Kier alpha value is -1.39. The van der Waals surface area contributed by atoms with Crippen molar-refractivity contribution >= 4 is 21.6 Å². The summed E-state index contributed by atoms with van der Waals surface area (Å²) < 4.78 is 1.06. The van der Waals surface area contributed by atoms with Crippen molar-refractivity contribution in [3.8, 4) is 0 Å². The van der Waals surface area contributed by atoms with Gasteiger partial charge < -0.3 is 11.1 Å². The van der Waals surface area contributed by atoms with Gasteiger partial charge in [-0.05, 0) is 45.8 Å². The zero-order valence-corrected chi connectivity index (χ0v) is 10.9. The number of rotatable bonds is 4. The van der Waals surface area contributed by atoms with Crippen LogP contribution in [0.3, 0.4) is 0 Å². The molecule has 0 aliphatic rings. The average molecular weight is 292 g/mol. The first-order valence-electron chi connectivity index (χ1n) is 5.42. The third kappa shape index (κ3) is 3.28. The van der Waals surface area contributed by atoms with Crippen LogP contribution in [0.4, 0.5) is 5.69 Å². The maximum atomic E-state index is 5.56. The molecular weight excluding hydrogens is 278 g/mol. The Labute approximate surface area is 109 Å². The van der Waals surface area contributed by atoms with E-state index in [0.29, 0.717) is 6.54 Å². The van der Waals surface area contributed by atoms with Crippen molar-refractivity contribution in [1.82, 2.24) is 4.98 Å². The minimum atomic E-state index is 0.475. The van der Waals surface area contributed by atoms with Crippen LogP contribution in [0.2, 0.25) is 0 Å². The molecule has 1 aromatic carbocycles. The second-order valence-corrected chi connectivity index (χ2v) is 4.55. The van der Waals surface area contributed by atoms with Crippen LogP contribution in [0.15, 0.2) is 47.1 Å². The molecule has 0 amide bonds. The largest absolute Gasteiger partial charge is 0.380 e. The molecule has 3 N–H and O–H groups in total. The monoisotopic (exact) mass is 291 g/mol. The van der Waals surface area contributed by atoms with Crippen LogP contribution in [0.1, 0.15) is 11.3 Å². The highest BCUT2D eigenvalue weighted by Gasteiger charge is 1.99. The van der Waals surface area contributed by atoms with Gasteiger partial charge in [-0.2, -0.15) is 0 Å². The minimum absolute atomic E-state index is 0.475. The van der Waals surface area contributed by atoms with Gasteiger partial charge in [-0.3, -0.25) is 4.98 Å². The number of para-hydroxylation sites is 1. The summed E-state index contributed by atoms with van der Waals surface area (Å²) in [4.78, 5) is 4.17. The van der Waals surface area contributed by atoms with Crippen LogP contribution < -0.4 is 11.1 Å². The standard InChI is InChI=1S/C13H14BrN3/c14-12-3-1-2-4-13(12)17-9-10-5-6-16-11(7-10)8-15/h1-7,17H,8-9,15H2. The summed E-state index contributed by atoms with van der Waals surface area (Å²) in [6.07, 6.45) is 1.79. The topological polar surface area (TPSA) is 50.9 Å². The highest BCUT2D eigenvalue weighted by atomic mass is 79.9. The molecule has 0 aliphatic heterocycles. The zero-order chi connectivity index (χ0) is 12.1. The molecule has 2 aromatic rings.